The van der Waals surface area contributed by atoms with E-state index in [1.807, 2.05) is 24.3 Å². The second kappa shape index (κ2) is 3.04. The Balaban J connectivity index is 1.75. The molecular weight excluding hydrogens is 212 g/mol. The third-order valence-corrected chi connectivity index (χ3v) is 3.37. The fourth-order valence-electron chi connectivity index (χ4n) is 2.59. The molecule has 0 saturated carbocycles. The van der Waals surface area contributed by atoms with Crippen molar-refractivity contribution >= 4 is 0 Å². The molecule has 0 bridgehead atoms. The van der Waals surface area contributed by atoms with Crippen molar-refractivity contribution in [2.24, 2.45) is 0 Å². The second-order valence-electron chi connectivity index (χ2n) is 4.59. The largest absolute Gasteiger partial charge is 0.445 e. The third kappa shape index (κ3) is 1.27. The molecular formula is C15H12O2. The Kier molecular flexibility index (Phi) is 1.63. The predicted octanol–water partition coefficient (Wildman–Crippen LogP) is 3.28. The summed E-state index contributed by atoms with van der Waals surface area (Å²) in [6, 6.07) is 0. The summed E-state index contributed by atoms with van der Waals surface area (Å²) in [7, 11) is 0. The highest BCUT2D eigenvalue weighted by atomic mass is 16.7. The molecule has 0 radical (unpaired) electrons. The fourth-order valence-corrected chi connectivity index (χ4v) is 2.59. The molecule has 0 aromatic carbocycles. The van der Waals surface area contributed by atoms with Crippen LogP contribution in [0.5, 0.6) is 0 Å². The number of rotatable bonds is 0. The maximum Gasteiger partial charge on any atom is 0.292 e. The van der Waals surface area contributed by atoms with E-state index in [4.69, 9.17) is 9.47 Å². The Morgan fingerprint density at radius 3 is 1.82 bits per heavy atom. The SMILES string of the molecule is C1=CCC2=CC3(C=C4CC=CC=C4O3)OC2=C1. The van der Waals surface area contributed by atoms with E-state index in [1.165, 1.54) is 11.1 Å². The van der Waals surface area contributed by atoms with Gasteiger partial charge in [-0.05, 0) is 25.0 Å². The second-order valence-corrected chi connectivity index (χ2v) is 4.59. The van der Waals surface area contributed by atoms with Gasteiger partial charge in [0.1, 0.15) is 11.5 Å². The molecule has 0 atom stereocenters. The molecule has 84 valence electrons. The topological polar surface area (TPSA) is 18.5 Å². The van der Waals surface area contributed by atoms with Crippen LogP contribution in [0.2, 0.25) is 0 Å². The van der Waals surface area contributed by atoms with Gasteiger partial charge in [0.15, 0.2) is 0 Å². The molecule has 0 saturated heterocycles. The van der Waals surface area contributed by atoms with Gasteiger partial charge in [0, 0.05) is 23.3 Å². The molecule has 0 amide bonds. The van der Waals surface area contributed by atoms with Gasteiger partial charge in [0.2, 0.25) is 0 Å². The van der Waals surface area contributed by atoms with Gasteiger partial charge >= 0.3 is 0 Å². The summed E-state index contributed by atoms with van der Waals surface area (Å²) in [6.07, 6.45) is 18.4. The molecule has 0 fully saturated rings. The molecule has 1 spiro atoms. The Hall–Kier alpha value is -1.96. The molecule has 4 rings (SSSR count). The zero-order chi connectivity index (χ0) is 11.3. The van der Waals surface area contributed by atoms with Crippen molar-refractivity contribution in [2.75, 3.05) is 0 Å². The lowest BCUT2D eigenvalue weighted by molar-refractivity contribution is -0.0904. The first-order chi connectivity index (χ1) is 8.35. The number of ether oxygens (including phenoxy) is 2. The third-order valence-electron chi connectivity index (χ3n) is 3.37. The van der Waals surface area contributed by atoms with Crippen LogP contribution in [0.25, 0.3) is 0 Å². The summed E-state index contributed by atoms with van der Waals surface area (Å²) in [5, 5.41) is 0. The molecule has 0 aromatic rings. The Morgan fingerprint density at radius 1 is 0.824 bits per heavy atom. The van der Waals surface area contributed by atoms with E-state index in [0.717, 1.165) is 24.4 Å². The normalized spacial score (nSPS) is 26.4. The van der Waals surface area contributed by atoms with Crippen LogP contribution in [0, 0.1) is 0 Å². The van der Waals surface area contributed by atoms with Gasteiger partial charge in [-0.3, -0.25) is 0 Å². The number of fused-ring (bicyclic) bond motifs is 2. The van der Waals surface area contributed by atoms with Crippen LogP contribution in [0.1, 0.15) is 12.8 Å². The molecule has 2 heterocycles. The molecule has 0 unspecified atom stereocenters. The zero-order valence-electron chi connectivity index (χ0n) is 9.35. The van der Waals surface area contributed by atoms with E-state index in [9.17, 15) is 0 Å². The molecule has 0 N–H and O–H groups in total. The van der Waals surface area contributed by atoms with Gasteiger partial charge in [0.05, 0.1) is 0 Å². The van der Waals surface area contributed by atoms with Gasteiger partial charge in [0.25, 0.3) is 5.79 Å². The summed E-state index contributed by atoms with van der Waals surface area (Å²) in [5.41, 5.74) is 2.44. The Morgan fingerprint density at radius 2 is 1.35 bits per heavy atom. The van der Waals surface area contributed by atoms with Crippen LogP contribution in [-0.4, -0.2) is 5.79 Å². The summed E-state index contributed by atoms with van der Waals surface area (Å²) in [5.74, 6) is 1.20. The highest BCUT2D eigenvalue weighted by Gasteiger charge is 2.43. The smallest absolute Gasteiger partial charge is 0.292 e. The van der Waals surface area contributed by atoms with Gasteiger partial charge < -0.3 is 9.47 Å². The van der Waals surface area contributed by atoms with Crippen LogP contribution in [0.3, 0.4) is 0 Å². The number of hydrogen-bond donors (Lipinski definition) is 0. The van der Waals surface area contributed by atoms with Gasteiger partial charge in [-0.25, -0.2) is 0 Å². The minimum atomic E-state index is -0.680. The molecule has 0 aromatic heterocycles. The van der Waals surface area contributed by atoms with Crippen molar-refractivity contribution < 1.29 is 9.47 Å². The van der Waals surface area contributed by atoms with Crippen molar-refractivity contribution in [3.63, 3.8) is 0 Å². The number of allylic oxidation sites excluding steroid dienone is 8. The van der Waals surface area contributed by atoms with Crippen LogP contribution < -0.4 is 0 Å². The van der Waals surface area contributed by atoms with Crippen LogP contribution in [-0.2, 0) is 9.47 Å². The standard InChI is InChI=1S/C15H12O2/c1-3-7-13-11(5-1)9-15(16-13)10-12-6-2-4-8-14(12)17-15/h1-4,7-10H,5-6H2. The summed E-state index contributed by atoms with van der Waals surface area (Å²) in [4.78, 5) is 0. The summed E-state index contributed by atoms with van der Waals surface area (Å²) in [6.45, 7) is 0. The molecule has 2 aliphatic heterocycles. The molecule has 2 aliphatic carbocycles. The van der Waals surface area contributed by atoms with Crippen molar-refractivity contribution in [3.8, 4) is 0 Å². The van der Waals surface area contributed by atoms with Gasteiger partial charge in [-0.15, -0.1) is 0 Å². The average Bonchev–Trinajstić information content (AvgIpc) is 2.87. The first-order valence-corrected chi connectivity index (χ1v) is 5.91. The van der Waals surface area contributed by atoms with E-state index in [2.05, 4.69) is 24.3 Å². The van der Waals surface area contributed by atoms with Crippen LogP contribution >= 0.6 is 0 Å². The maximum atomic E-state index is 5.96. The van der Waals surface area contributed by atoms with Crippen LogP contribution in [0.15, 0.2) is 71.3 Å². The molecule has 2 nitrogen and oxygen atoms in total. The predicted molar refractivity (Wildman–Crippen MR) is 64.7 cm³/mol. The van der Waals surface area contributed by atoms with Crippen LogP contribution in [0.4, 0.5) is 0 Å². The Bertz CT molecular complexity index is 516. The average molecular weight is 224 g/mol. The highest BCUT2D eigenvalue weighted by molar-refractivity contribution is 5.49. The zero-order valence-corrected chi connectivity index (χ0v) is 9.35. The lowest BCUT2D eigenvalue weighted by Gasteiger charge is -2.21. The first-order valence-electron chi connectivity index (χ1n) is 5.91. The minimum Gasteiger partial charge on any atom is -0.445 e. The lowest BCUT2D eigenvalue weighted by Crippen LogP contribution is -2.23. The summed E-state index contributed by atoms with van der Waals surface area (Å²) >= 11 is 0. The lowest BCUT2D eigenvalue weighted by atomic mass is 10.0. The summed E-state index contributed by atoms with van der Waals surface area (Å²) < 4.78 is 11.9. The van der Waals surface area contributed by atoms with E-state index in [-0.39, 0.29) is 0 Å². The van der Waals surface area contributed by atoms with Crippen molar-refractivity contribution in [1.82, 2.24) is 0 Å². The maximum absolute atomic E-state index is 5.96. The first kappa shape index (κ1) is 9.11. The number of hydrogen-bond acceptors (Lipinski definition) is 2. The van der Waals surface area contributed by atoms with E-state index < -0.39 is 5.79 Å². The monoisotopic (exact) mass is 224 g/mol. The van der Waals surface area contributed by atoms with E-state index in [0.29, 0.717) is 0 Å². The fraction of sp³-hybridized carbons (Fsp3) is 0.200. The van der Waals surface area contributed by atoms with Gasteiger partial charge in [-0.2, -0.15) is 0 Å². The Labute approximate surface area is 99.9 Å². The van der Waals surface area contributed by atoms with Crippen molar-refractivity contribution in [2.45, 2.75) is 18.6 Å². The molecule has 2 heteroatoms. The quantitative estimate of drug-likeness (QED) is 0.628. The van der Waals surface area contributed by atoms with Crippen molar-refractivity contribution in [1.29, 1.82) is 0 Å². The highest BCUT2D eigenvalue weighted by Crippen LogP contribution is 2.45. The molecule has 17 heavy (non-hydrogen) atoms. The van der Waals surface area contributed by atoms with E-state index >= 15 is 0 Å². The van der Waals surface area contributed by atoms with Crippen molar-refractivity contribution in [3.05, 3.63) is 71.3 Å². The minimum absolute atomic E-state index is 0.680. The van der Waals surface area contributed by atoms with Gasteiger partial charge in [-0.1, -0.05) is 24.3 Å². The molecule has 4 aliphatic rings. The van der Waals surface area contributed by atoms with E-state index in [1.54, 1.807) is 0 Å².